The molecule has 1 aromatic carbocycles. The van der Waals surface area contributed by atoms with Gasteiger partial charge in [-0.25, -0.2) is 0 Å². The van der Waals surface area contributed by atoms with Gasteiger partial charge in [0.2, 0.25) is 0 Å². The number of rotatable bonds is 3. The molecule has 0 aliphatic heterocycles. The maximum absolute atomic E-state index is 9.66. The average molecular weight is 221 g/mol. The summed E-state index contributed by atoms with van der Waals surface area (Å²) >= 11 is 0. The molecule has 1 aliphatic rings. The smallest absolute Gasteiger partial charge is 0.123 e. The first-order valence-electron chi connectivity index (χ1n) is 5.98. The van der Waals surface area contributed by atoms with Gasteiger partial charge in [0, 0.05) is 18.2 Å². The molecule has 0 atom stereocenters. The fraction of sp³-hybridized carbons (Fsp3) is 0.538. The maximum Gasteiger partial charge on any atom is 0.123 e. The third-order valence-corrected chi connectivity index (χ3v) is 3.13. The molecule has 16 heavy (non-hydrogen) atoms. The van der Waals surface area contributed by atoms with Crippen LogP contribution < -0.4 is 10.5 Å². The summed E-state index contributed by atoms with van der Waals surface area (Å²) in [6, 6.07) is 5.38. The summed E-state index contributed by atoms with van der Waals surface area (Å²) in [6.45, 7) is 0.357. The molecular formula is C13H19NO2. The van der Waals surface area contributed by atoms with Crippen LogP contribution in [0.1, 0.15) is 37.7 Å². The predicted molar refractivity (Wildman–Crippen MR) is 63.5 cm³/mol. The normalized spacial score (nSPS) is 17.3. The Bertz CT molecular complexity index is 346. The van der Waals surface area contributed by atoms with Crippen LogP contribution in [-0.4, -0.2) is 11.2 Å². The van der Waals surface area contributed by atoms with E-state index in [2.05, 4.69) is 0 Å². The second-order valence-corrected chi connectivity index (χ2v) is 4.37. The van der Waals surface area contributed by atoms with Gasteiger partial charge in [0.05, 0.1) is 6.10 Å². The topological polar surface area (TPSA) is 55.5 Å². The molecule has 0 amide bonds. The minimum absolute atomic E-state index is 0.232. The molecule has 1 saturated carbocycles. The van der Waals surface area contributed by atoms with Crippen molar-refractivity contribution < 1.29 is 9.84 Å². The van der Waals surface area contributed by atoms with Crippen LogP contribution in [0.4, 0.5) is 0 Å². The molecule has 0 spiro atoms. The van der Waals surface area contributed by atoms with Crippen molar-refractivity contribution in [1.82, 2.24) is 0 Å². The molecular weight excluding hydrogens is 202 g/mol. The van der Waals surface area contributed by atoms with E-state index >= 15 is 0 Å². The van der Waals surface area contributed by atoms with Crippen molar-refractivity contribution in [3.63, 3.8) is 0 Å². The largest absolute Gasteiger partial charge is 0.507 e. The first-order valence-corrected chi connectivity index (χ1v) is 5.98. The fourth-order valence-corrected chi connectivity index (χ4v) is 2.17. The zero-order valence-corrected chi connectivity index (χ0v) is 9.48. The zero-order valence-electron chi connectivity index (χ0n) is 9.48. The van der Waals surface area contributed by atoms with Crippen LogP contribution in [-0.2, 0) is 6.54 Å². The number of phenols is 1. The summed E-state index contributed by atoms with van der Waals surface area (Å²) in [5.74, 6) is 0.984. The van der Waals surface area contributed by atoms with Gasteiger partial charge in [-0.15, -0.1) is 0 Å². The number of aromatic hydroxyl groups is 1. The third-order valence-electron chi connectivity index (χ3n) is 3.13. The van der Waals surface area contributed by atoms with Crippen LogP contribution in [0.3, 0.4) is 0 Å². The Morgan fingerprint density at radius 3 is 2.62 bits per heavy atom. The summed E-state index contributed by atoms with van der Waals surface area (Å²) < 4.78 is 5.83. The first-order chi connectivity index (χ1) is 7.79. The summed E-state index contributed by atoms with van der Waals surface area (Å²) in [5.41, 5.74) is 6.24. The van der Waals surface area contributed by atoms with Gasteiger partial charge in [-0.05, 0) is 31.7 Å². The van der Waals surface area contributed by atoms with Gasteiger partial charge in [-0.2, -0.15) is 0 Å². The van der Waals surface area contributed by atoms with Gasteiger partial charge >= 0.3 is 0 Å². The molecule has 0 unspecified atom stereocenters. The summed E-state index contributed by atoms with van der Waals surface area (Å²) in [6.07, 6.45) is 6.38. The molecule has 3 heteroatoms. The molecule has 1 fully saturated rings. The number of hydrogen-bond acceptors (Lipinski definition) is 3. The van der Waals surface area contributed by atoms with Gasteiger partial charge < -0.3 is 15.6 Å². The third kappa shape index (κ3) is 2.67. The molecule has 3 N–H and O–H groups in total. The number of ether oxygens (including phenoxy) is 1. The van der Waals surface area contributed by atoms with Crippen LogP contribution in [0.25, 0.3) is 0 Å². The van der Waals surface area contributed by atoms with Gasteiger partial charge in [0.15, 0.2) is 0 Å². The van der Waals surface area contributed by atoms with Crippen molar-refractivity contribution in [3.05, 3.63) is 23.8 Å². The van der Waals surface area contributed by atoms with Crippen molar-refractivity contribution in [1.29, 1.82) is 0 Å². The highest BCUT2D eigenvalue weighted by Gasteiger charge is 2.15. The highest BCUT2D eigenvalue weighted by atomic mass is 16.5. The Balaban J connectivity index is 2.01. The van der Waals surface area contributed by atoms with Crippen molar-refractivity contribution in [3.8, 4) is 11.5 Å². The molecule has 88 valence electrons. The molecule has 0 aromatic heterocycles. The lowest BCUT2D eigenvalue weighted by atomic mass is 9.98. The number of phenolic OH excluding ortho intramolecular Hbond substituents is 1. The van der Waals surface area contributed by atoms with Crippen LogP contribution in [0.15, 0.2) is 18.2 Å². The highest BCUT2D eigenvalue weighted by Crippen LogP contribution is 2.27. The first kappa shape index (κ1) is 11.3. The summed E-state index contributed by atoms with van der Waals surface area (Å²) in [7, 11) is 0. The second-order valence-electron chi connectivity index (χ2n) is 4.37. The van der Waals surface area contributed by atoms with E-state index in [-0.39, 0.29) is 5.75 Å². The van der Waals surface area contributed by atoms with Gasteiger partial charge in [0.25, 0.3) is 0 Å². The Kier molecular flexibility index (Phi) is 3.67. The van der Waals surface area contributed by atoms with E-state index in [0.717, 1.165) is 24.2 Å². The Morgan fingerprint density at radius 2 is 2.00 bits per heavy atom. The number of hydrogen-bond donors (Lipinski definition) is 2. The van der Waals surface area contributed by atoms with Gasteiger partial charge in [0.1, 0.15) is 11.5 Å². The van der Waals surface area contributed by atoms with Gasteiger partial charge in [-0.1, -0.05) is 12.5 Å². The van der Waals surface area contributed by atoms with Crippen LogP contribution in [0.2, 0.25) is 0 Å². The molecule has 1 aromatic rings. The van der Waals surface area contributed by atoms with Gasteiger partial charge in [-0.3, -0.25) is 0 Å². The minimum Gasteiger partial charge on any atom is -0.507 e. The molecule has 2 rings (SSSR count). The van der Waals surface area contributed by atoms with Crippen molar-refractivity contribution in [2.45, 2.75) is 44.8 Å². The lowest BCUT2D eigenvalue weighted by Gasteiger charge is -2.23. The number of benzene rings is 1. The zero-order chi connectivity index (χ0) is 11.4. The molecule has 3 nitrogen and oxygen atoms in total. The minimum atomic E-state index is 0.232. The van der Waals surface area contributed by atoms with Crippen molar-refractivity contribution in [2.75, 3.05) is 0 Å². The van der Waals surface area contributed by atoms with E-state index in [1.165, 1.54) is 19.3 Å². The fourth-order valence-electron chi connectivity index (χ4n) is 2.17. The van der Waals surface area contributed by atoms with E-state index in [9.17, 15) is 5.11 Å². The average Bonchev–Trinajstić information content (AvgIpc) is 2.31. The van der Waals surface area contributed by atoms with E-state index in [1.807, 2.05) is 12.1 Å². The van der Waals surface area contributed by atoms with E-state index in [4.69, 9.17) is 10.5 Å². The lowest BCUT2D eigenvalue weighted by Crippen LogP contribution is -2.19. The van der Waals surface area contributed by atoms with Crippen LogP contribution >= 0.6 is 0 Å². The van der Waals surface area contributed by atoms with E-state index in [1.54, 1.807) is 6.07 Å². The predicted octanol–water partition coefficient (Wildman–Crippen LogP) is 2.56. The Morgan fingerprint density at radius 1 is 1.25 bits per heavy atom. The van der Waals surface area contributed by atoms with E-state index < -0.39 is 0 Å². The molecule has 0 radical (unpaired) electrons. The SMILES string of the molecule is NCc1ccc(OC2CCCCC2)cc1O. The molecule has 1 aliphatic carbocycles. The maximum atomic E-state index is 9.66. The van der Waals surface area contributed by atoms with Crippen molar-refractivity contribution >= 4 is 0 Å². The lowest BCUT2D eigenvalue weighted by molar-refractivity contribution is 0.154. The molecule has 0 heterocycles. The summed E-state index contributed by atoms with van der Waals surface area (Å²) in [5, 5.41) is 9.66. The van der Waals surface area contributed by atoms with Crippen molar-refractivity contribution in [2.24, 2.45) is 5.73 Å². The quantitative estimate of drug-likeness (QED) is 0.824. The van der Waals surface area contributed by atoms with Crippen LogP contribution in [0, 0.1) is 0 Å². The summed E-state index contributed by atoms with van der Waals surface area (Å²) in [4.78, 5) is 0. The van der Waals surface area contributed by atoms with E-state index in [0.29, 0.717) is 12.6 Å². The Hall–Kier alpha value is -1.22. The number of nitrogens with two attached hydrogens (primary N) is 1. The molecule has 0 saturated heterocycles. The Labute approximate surface area is 96.2 Å². The monoisotopic (exact) mass is 221 g/mol. The highest BCUT2D eigenvalue weighted by molar-refractivity contribution is 5.39. The molecule has 0 bridgehead atoms. The standard InChI is InChI=1S/C13H19NO2/c14-9-10-6-7-12(8-13(10)15)16-11-4-2-1-3-5-11/h6-8,11,15H,1-5,9,14H2. The van der Waals surface area contributed by atoms with Crippen LogP contribution in [0.5, 0.6) is 11.5 Å². The second kappa shape index (κ2) is 5.21.